The van der Waals surface area contributed by atoms with E-state index in [1.165, 1.54) is 49.2 Å². The molecule has 0 aliphatic heterocycles. The Bertz CT molecular complexity index is 3070. The first-order chi connectivity index (χ1) is 27.7. The predicted molar refractivity (Wildman–Crippen MR) is 239 cm³/mol. The van der Waals surface area contributed by atoms with Gasteiger partial charge in [-0.25, -0.2) is 4.98 Å². The molecule has 1 heterocycles. The normalized spacial score (nSPS) is 11.4. The van der Waals surface area contributed by atoms with E-state index in [-0.39, 0.29) is 0 Å². The Morgan fingerprint density at radius 1 is 0.446 bits per heavy atom. The van der Waals surface area contributed by atoms with Gasteiger partial charge in [0, 0.05) is 28.6 Å². The van der Waals surface area contributed by atoms with Crippen LogP contribution in [0.3, 0.4) is 0 Å². The molecule has 9 aromatic carbocycles. The summed E-state index contributed by atoms with van der Waals surface area (Å²) in [5.74, 6) is 0. The molecule has 264 valence electrons. The van der Waals surface area contributed by atoms with Gasteiger partial charge in [-0.15, -0.1) is 0 Å². The number of para-hydroxylation sites is 3. The maximum absolute atomic E-state index is 5.49. The van der Waals surface area contributed by atoms with Crippen LogP contribution >= 0.6 is 0 Å². The van der Waals surface area contributed by atoms with Crippen molar-refractivity contribution in [2.45, 2.75) is 6.54 Å². The highest BCUT2D eigenvalue weighted by atomic mass is 15.1. The zero-order chi connectivity index (χ0) is 37.4. The predicted octanol–water partition coefficient (Wildman–Crippen LogP) is 14.4. The number of nitrogens with zero attached hydrogens (tertiary/aromatic N) is 3. The standard InChI is InChI=1S/C53H37N3/c1-54-50-21-11-12-22-52(50)56(44-17-3-2-4-18-44)35-36-23-25-39(26-24-36)51-34-48(43-30-28-38-14-6-8-16-41(38)32-43)49-33-47(45-19-9-10-20-46(45)53(49)55-51)42-29-27-37-13-5-7-15-40(37)31-42/h2-34H,1,35H2. The SMILES string of the molecule is C=Nc1ccccc1N(Cc1ccc(-c2cc(-c3ccc4ccccc4c3)c3cc(-c4ccc5ccccc5c4)c4ccccc4c3n2)cc1)c1ccccc1. The number of hydrogen-bond donors (Lipinski definition) is 0. The number of aliphatic imine (C=N–C) groups is 1. The Kier molecular flexibility index (Phi) is 8.38. The number of benzene rings is 9. The van der Waals surface area contributed by atoms with Crippen LogP contribution in [0.1, 0.15) is 5.56 Å². The zero-order valence-corrected chi connectivity index (χ0v) is 30.8. The van der Waals surface area contributed by atoms with Crippen LogP contribution in [0.25, 0.3) is 76.7 Å². The van der Waals surface area contributed by atoms with Gasteiger partial charge in [0.25, 0.3) is 0 Å². The fourth-order valence-electron chi connectivity index (χ4n) is 8.11. The summed E-state index contributed by atoms with van der Waals surface area (Å²) in [5.41, 5.74) is 11.9. The summed E-state index contributed by atoms with van der Waals surface area (Å²) in [6, 6.07) is 71.6. The van der Waals surface area contributed by atoms with Crippen molar-refractivity contribution in [1.29, 1.82) is 0 Å². The van der Waals surface area contributed by atoms with Crippen molar-refractivity contribution in [3.8, 4) is 33.5 Å². The molecule has 0 aliphatic carbocycles. The van der Waals surface area contributed by atoms with E-state index in [1.807, 2.05) is 18.2 Å². The van der Waals surface area contributed by atoms with Gasteiger partial charge in [0.1, 0.15) is 0 Å². The fourth-order valence-corrected chi connectivity index (χ4v) is 8.11. The molecule has 0 N–H and O–H groups in total. The lowest BCUT2D eigenvalue weighted by atomic mass is 9.90. The molecule has 0 spiro atoms. The molecule has 3 nitrogen and oxygen atoms in total. The van der Waals surface area contributed by atoms with Crippen LogP contribution < -0.4 is 4.90 Å². The maximum atomic E-state index is 5.49. The first kappa shape index (κ1) is 33.2. The number of pyridine rings is 1. The molecule has 0 saturated heterocycles. The molecule has 1 aromatic heterocycles. The summed E-state index contributed by atoms with van der Waals surface area (Å²) in [6.07, 6.45) is 0. The first-order valence-electron chi connectivity index (χ1n) is 19.0. The minimum atomic E-state index is 0.673. The fraction of sp³-hybridized carbons (Fsp3) is 0.0189. The number of rotatable bonds is 8. The van der Waals surface area contributed by atoms with Crippen molar-refractivity contribution >= 4 is 67.0 Å². The number of aromatic nitrogens is 1. The lowest BCUT2D eigenvalue weighted by molar-refractivity contribution is 0.975. The van der Waals surface area contributed by atoms with Gasteiger partial charge in [0.2, 0.25) is 0 Å². The second-order valence-corrected chi connectivity index (χ2v) is 14.3. The van der Waals surface area contributed by atoms with Crippen LogP contribution in [0, 0.1) is 0 Å². The van der Waals surface area contributed by atoms with Crippen LogP contribution in [-0.2, 0) is 6.54 Å². The van der Waals surface area contributed by atoms with Crippen molar-refractivity contribution in [3.63, 3.8) is 0 Å². The van der Waals surface area contributed by atoms with Crippen LogP contribution in [0.2, 0.25) is 0 Å². The van der Waals surface area contributed by atoms with Gasteiger partial charge in [0.15, 0.2) is 0 Å². The Morgan fingerprint density at radius 3 is 1.68 bits per heavy atom. The van der Waals surface area contributed by atoms with Gasteiger partial charge >= 0.3 is 0 Å². The van der Waals surface area contributed by atoms with Crippen molar-refractivity contribution in [1.82, 2.24) is 4.98 Å². The average molecular weight is 716 g/mol. The van der Waals surface area contributed by atoms with E-state index in [1.54, 1.807) is 0 Å². The number of hydrogen-bond acceptors (Lipinski definition) is 3. The third kappa shape index (κ3) is 6.06. The van der Waals surface area contributed by atoms with E-state index in [4.69, 9.17) is 4.98 Å². The Morgan fingerprint density at radius 2 is 1.00 bits per heavy atom. The Hall–Kier alpha value is -7.36. The smallest absolute Gasteiger partial charge is 0.0859 e. The monoisotopic (exact) mass is 715 g/mol. The van der Waals surface area contributed by atoms with E-state index in [0.717, 1.165) is 50.2 Å². The zero-order valence-electron chi connectivity index (χ0n) is 30.8. The van der Waals surface area contributed by atoms with Gasteiger partial charge in [-0.1, -0.05) is 152 Å². The molecule has 10 aromatic rings. The van der Waals surface area contributed by atoms with Gasteiger partial charge in [0.05, 0.1) is 22.6 Å². The summed E-state index contributed by atoms with van der Waals surface area (Å²) in [6.45, 7) is 4.52. The summed E-state index contributed by atoms with van der Waals surface area (Å²) in [5, 5.41) is 8.37. The molecule has 0 bridgehead atoms. The van der Waals surface area contributed by atoms with Crippen molar-refractivity contribution in [2.24, 2.45) is 4.99 Å². The third-order valence-electron chi connectivity index (χ3n) is 10.9. The molecule has 3 heteroatoms. The summed E-state index contributed by atoms with van der Waals surface area (Å²) >= 11 is 0. The Balaban J connectivity index is 1.13. The van der Waals surface area contributed by atoms with E-state index in [0.29, 0.717) is 6.54 Å². The van der Waals surface area contributed by atoms with E-state index in [9.17, 15) is 0 Å². The maximum Gasteiger partial charge on any atom is 0.0859 e. The summed E-state index contributed by atoms with van der Waals surface area (Å²) in [4.78, 5) is 12.1. The highest BCUT2D eigenvalue weighted by Gasteiger charge is 2.18. The molecule has 0 radical (unpaired) electrons. The summed E-state index contributed by atoms with van der Waals surface area (Å²) in [7, 11) is 0. The average Bonchev–Trinajstić information content (AvgIpc) is 3.27. The second-order valence-electron chi connectivity index (χ2n) is 14.3. The van der Waals surface area contributed by atoms with Crippen molar-refractivity contribution in [3.05, 3.63) is 206 Å². The first-order valence-corrected chi connectivity index (χ1v) is 19.0. The molecule has 10 rings (SSSR count). The van der Waals surface area contributed by atoms with E-state index in [2.05, 4.69) is 199 Å². The minimum absolute atomic E-state index is 0.673. The van der Waals surface area contributed by atoms with Crippen molar-refractivity contribution in [2.75, 3.05) is 4.90 Å². The van der Waals surface area contributed by atoms with Gasteiger partial charge < -0.3 is 4.90 Å². The Labute approximate surface area is 326 Å². The van der Waals surface area contributed by atoms with Crippen molar-refractivity contribution < 1.29 is 0 Å². The summed E-state index contributed by atoms with van der Waals surface area (Å²) < 4.78 is 0. The van der Waals surface area contributed by atoms with Crippen LogP contribution in [0.5, 0.6) is 0 Å². The molecule has 0 unspecified atom stereocenters. The molecule has 0 aliphatic rings. The molecule has 56 heavy (non-hydrogen) atoms. The largest absolute Gasteiger partial charge is 0.335 e. The number of anilines is 2. The quantitative estimate of drug-likeness (QED) is 0.116. The number of fused-ring (bicyclic) bond motifs is 5. The molecule has 0 amide bonds. The van der Waals surface area contributed by atoms with Gasteiger partial charge in [-0.05, 0) is 110 Å². The van der Waals surface area contributed by atoms with E-state index < -0.39 is 0 Å². The lowest BCUT2D eigenvalue weighted by Crippen LogP contribution is -2.16. The lowest BCUT2D eigenvalue weighted by Gasteiger charge is -2.26. The molecular formula is C53H37N3. The van der Waals surface area contributed by atoms with Gasteiger partial charge in [-0.3, -0.25) is 4.99 Å². The highest BCUT2D eigenvalue weighted by Crippen LogP contribution is 2.42. The van der Waals surface area contributed by atoms with Crippen LogP contribution in [0.4, 0.5) is 17.1 Å². The van der Waals surface area contributed by atoms with Crippen LogP contribution in [0.15, 0.2) is 205 Å². The van der Waals surface area contributed by atoms with Crippen LogP contribution in [-0.4, -0.2) is 11.7 Å². The molecule has 0 atom stereocenters. The van der Waals surface area contributed by atoms with E-state index >= 15 is 0 Å². The minimum Gasteiger partial charge on any atom is -0.335 e. The molecule has 0 saturated carbocycles. The topological polar surface area (TPSA) is 28.5 Å². The molecule has 0 fully saturated rings. The highest BCUT2D eigenvalue weighted by molar-refractivity contribution is 6.16. The second kappa shape index (κ2) is 14.1. The molecular weight excluding hydrogens is 679 g/mol. The third-order valence-corrected chi connectivity index (χ3v) is 10.9. The van der Waals surface area contributed by atoms with Gasteiger partial charge in [-0.2, -0.15) is 0 Å².